The Morgan fingerprint density at radius 3 is 2.30 bits per heavy atom. The van der Waals surface area contributed by atoms with Crippen LogP contribution in [-0.4, -0.2) is 37.9 Å². The van der Waals surface area contributed by atoms with E-state index in [4.69, 9.17) is 16.3 Å². The van der Waals surface area contributed by atoms with Crippen LogP contribution < -0.4 is 0 Å². The van der Waals surface area contributed by atoms with Crippen molar-refractivity contribution in [3.05, 3.63) is 29.3 Å². The quantitative estimate of drug-likeness (QED) is 0.780. The minimum absolute atomic E-state index is 0.124. The molecule has 2 rings (SSSR count). The Morgan fingerprint density at radius 1 is 1.35 bits per heavy atom. The Bertz CT molecular complexity index is 608. The average Bonchev–Trinajstić information content (AvgIpc) is 3.20. The van der Waals surface area contributed by atoms with E-state index in [1.165, 1.54) is 35.7 Å². The number of ether oxygens (including phenoxy) is 1. The molecular formula is C13H16ClNO4S. The Balaban J connectivity index is 2.41. The van der Waals surface area contributed by atoms with Crippen molar-refractivity contribution in [3.63, 3.8) is 0 Å². The second-order valence-corrected chi connectivity index (χ2v) is 6.95. The Kier molecular flexibility index (Phi) is 4.09. The molecule has 0 spiro atoms. The highest BCUT2D eigenvalue weighted by atomic mass is 35.5. The van der Waals surface area contributed by atoms with Gasteiger partial charge in [-0.3, -0.25) is 4.79 Å². The summed E-state index contributed by atoms with van der Waals surface area (Å²) >= 11 is 5.77. The van der Waals surface area contributed by atoms with Crippen LogP contribution >= 0.6 is 11.6 Å². The molecule has 0 atom stereocenters. The molecule has 0 radical (unpaired) electrons. The molecule has 0 unspecified atom stereocenters. The third-order valence-corrected chi connectivity index (χ3v) is 5.76. The number of hydrogen-bond acceptors (Lipinski definition) is 4. The summed E-state index contributed by atoms with van der Waals surface area (Å²) in [5.41, 5.74) is -1.04. The van der Waals surface area contributed by atoms with Gasteiger partial charge in [0.1, 0.15) is 5.54 Å². The van der Waals surface area contributed by atoms with Crippen molar-refractivity contribution in [3.8, 4) is 0 Å². The molecule has 1 fully saturated rings. The molecule has 20 heavy (non-hydrogen) atoms. The molecule has 7 heteroatoms. The van der Waals surface area contributed by atoms with Gasteiger partial charge in [-0.1, -0.05) is 18.5 Å². The fraction of sp³-hybridized carbons (Fsp3) is 0.462. The van der Waals surface area contributed by atoms with Crippen molar-refractivity contribution in [1.29, 1.82) is 0 Å². The Hall–Kier alpha value is -1.11. The maximum Gasteiger partial charge on any atom is 0.327 e. The van der Waals surface area contributed by atoms with E-state index in [0.29, 0.717) is 17.9 Å². The lowest BCUT2D eigenvalue weighted by atomic mass is 10.3. The number of carbonyl (C=O) groups is 1. The van der Waals surface area contributed by atoms with E-state index in [9.17, 15) is 13.2 Å². The van der Waals surface area contributed by atoms with Gasteiger partial charge in [0.15, 0.2) is 0 Å². The predicted octanol–water partition coefficient (Wildman–Crippen LogP) is 2.06. The minimum atomic E-state index is -3.74. The van der Waals surface area contributed by atoms with E-state index in [-0.39, 0.29) is 11.4 Å². The summed E-state index contributed by atoms with van der Waals surface area (Å²) in [4.78, 5) is 12.0. The van der Waals surface area contributed by atoms with Gasteiger partial charge in [0.2, 0.25) is 10.0 Å². The summed E-state index contributed by atoms with van der Waals surface area (Å²) < 4.78 is 31.3. The zero-order valence-corrected chi connectivity index (χ0v) is 12.9. The van der Waals surface area contributed by atoms with E-state index in [1.807, 2.05) is 0 Å². The SMILES string of the molecule is CCN(C1(C(=O)OC)CC1)S(=O)(=O)c1ccc(Cl)cc1. The number of hydrogen-bond donors (Lipinski definition) is 0. The molecule has 1 saturated carbocycles. The van der Waals surface area contributed by atoms with Gasteiger partial charge in [-0.2, -0.15) is 4.31 Å². The fourth-order valence-electron chi connectivity index (χ4n) is 2.30. The van der Waals surface area contributed by atoms with Crippen LogP contribution in [0.3, 0.4) is 0 Å². The van der Waals surface area contributed by atoms with Crippen LogP contribution in [0.25, 0.3) is 0 Å². The van der Waals surface area contributed by atoms with Crippen LogP contribution in [0.4, 0.5) is 0 Å². The first-order valence-corrected chi connectivity index (χ1v) is 8.07. The summed E-state index contributed by atoms with van der Waals surface area (Å²) in [5, 5.41) is 0.459. The van der Waals surface area contributed by atoms with E-state index < -0.39 is 21.5 Å². The third kappa shape index (κ3) is 2.43. The van der Waals surface area contributed by atoms with Crippen LogP contribution in [0.5, 0.6) is 0 Å². The van der Waals surface area contributed by atoms with Gasteiger partial charge in [0.25, 0.3) is 0 Å². The summed E-state index contributed by atoms with van der Waals surface area (Å²) in [6, 6.07) is 5.90. The van der Waals surface area contributed by atoms with Gasteiger partial charge in [0.05, 0.1) is 12.0 Å². The lowest BCUT2D eigenvalue weighted by Gasteiger charge is -2.27. The van der Waals surface area contributed by atoms with Crippen LogP contribution in [0.2, 0.25) is 5.02 Å². The molecule has 110 valence electrons. The van der Waals surface area contributed by atoms with Crippen LogP contribution in [0, 0.1) is 0 Å². The number of carbonyl (C=O) groups excluding carboxylic acids is 1. The summed E-state index contributed by atoms with van der Waals surface area (Å²) in [6.07, 6.45) is 0.973. The summed E-state index contributed by atoms with van der Waals surface area (Å²) in [6.45, 7) is 1.91. The number of rotatable bonds is 5. The third-order valence-electron chi connectivity index (χ3n) is 3.46. The van der Waals surface area contributed by atoms with E-state index >= 15 is 0 Å². The molecule has 0 aromatic heterocycles. The molecule has 0 aliphatic heterocycles. The van der Waals surface area contributed by atoms with Crippen LogP contribution in [0.1, 0.15) is 19.8 Å². The van der Waals surface area contributed by atoms with Crippen molar-refractivity contribution in [1.82, 2.24) is 4.31 Å². The number of likely N-dealkylation sites (N-methyl/N-ethyl adjacent to an activating group) is 1. The van der Waals surface area contributed by atoms with E-state index in [1.54, 1.807) is 6.92 Å². The van der Waals surface area contributed by atoms with Crippen molar-refractivity contribution in [2.75, 3.05) is 13.7 Å². The largest absolute Gasteiger partial charge is 0.468 e. The van der Waals surface area contributed by atoms with Gasteiger partial charge in [-0.05, 0) is 37.1 Å². The maximum absolute atomic E-state index is 12.7. The zero-order valence-electron chi connectivity index (χ0n) is 11.3. The van der Waals surface area contributed by atoms with Crippen molar-refractivity contribution >= 4 is 27.6 Å². The lowest BCUT2D eigenvalue weighted by molar-refractivity contribution is -0.146. The molecule has 0 bridgehead atoms. The second-order valence-electron chi connectivity index (χ2n) is 4.65. The molecule has 0 saturated heterocycles. The molecule has 5 nitrogen and oxygen atoms in total. The number of halogens is 1. The topological polar surface area (TPSA) is 63.7 Å². The first-order chi connectivity index (χ1) is 9.38. The van der Waals surface area contributed by atoms with Crippen LogP contribution in [0.15, 0.2) is 29.2 Å². The molecule has 0 amide bonds. The summed E-state index contributed by atoms with van der Waals surface area (Å²) in [5.74, 6) is -0.503. The monoisotopic (exact) mass is 317 g/mol. The highest BCUT2D eigenvalue weighted by Crippen LogP contribution is 2.45. The molecule has 1 aliphatic rings. The maximum atomic E-state index is 12.7. The molecular weight excluding hydrogens is 302 g/mol. The summed E-state index contributed by atoms with van der Waals surface area (Å²) in [7, 11) is -2.48. The number of esters is 1. The number of sulfonamides is 1. The minimum Gasteiger partial charge on any atom is -0.468 e. The molecule has 1 aromatic carbocycles. The number of methoxy groups -OCH3 is 1. The first kappa shape index (κ1) is 15.3. The predicted molar refractivity (Wildman–Crippen MR) is 75.0 cm³/mol. The van der Waals surface area contributed by atoms with Crippen molar-refractivity contribution < 1.29 is 17.9 Å². The molecule has 0 heterocycles. The Morgan fingerprint density at radius 2 is 1.90 bits per heavy atom. The lowest BCUT2D eigenvalue weighted by Crippen LogP contribution is -2.47. The van der Waals surface area contributed by atoms with Gasteiger partial charge in [0, 0.05) is 11.6 Å². The van der Waals surface area contributed by atoms with Gasteiger partial charge < -0.3 is 4.74 Å². The van der Waals surface area contributed by atoms with Crippen molar-refractivity contribution in [2.24, 2.45) is 0 Å². The van der Waals surface area contributed by atoms with Gasteiger partial charge >= 0.3 is 5.97 Å². The second kappa shape index (κ2) is 5.35. The standard InChI is InChI=1S/C13H16ClNO4S/c1-3-15(13(8-9-13)12(16)19-2)20(17,18)11-6-4-10(14)5-7-11/h4-7H,3,8-9H2,1-2H3. The highest BCUT2D eigenvalue weighted by molar-refractivity contribution is 7.89. The first-order valence-electron chi connectivity index (χ1n) is 6.25. The van der Waals surface area contributed by atoms with Crippen LogP contribution in [-0.2, 0) is 19.6 Å². The zero-order chi connectivity index (χ0) is 15.0. The van der Waals surface area contributed by atoms with Gasteiger partial charge in [-0.25, -0.2) is 8.42 Å². The fourth-order valence-corrected chi connectivity index (χ4v) is 4.22. The van der Waals surface area contributed by atoms with E-state index in [2.05, 4.69) is 0 Å². The highest BCUT2D eigenvalue weighted by Gasteiger charge is 2.59. The number of nitrogens with zero attached hydrogens (tertiary/aromatic N) is 1. The Labute approximate surface area is 123 Å². The number of benzene rings is 1. The molecule has 1 aromatic rings. The average molecular weight is 318 g/mol. The van der Waals surface area contributed by atoms with E-state index in [0.717, 1.165) is 0 Å². The molecule has 1 aliphatic carbocycles. The normalized spacial score (nSPS) is 17.0. The van der Waals surface area contributed by atoms with Gasteiger partial charge in [-0.15, -0.1) is 0 Å². The molecule has 0 N–H and O–H groups in total. The van der Waals surface area contributed by atoms with Crippen molar-refractivity contribution in [2.45, 2.75) is 30.2 Å². The smallest absolute Gasteiger partial charge is 0.327 e.